The van der Waals surface area contributed by atoms with Crippen LogP contribution in [-0.2, 0) is 31.1 Å². The Morgan fingerprint density at radius 2 is 2.00 bits per heavy atom. The number of nitrogens with one attached hydrogen (secondary N) is 1. The average Bonchev–Trinajstić information content (AvgIpc) is 2.75. The smallest absolute Gasteiger partial charge is 0.350 e. The van der Waals surface area contributed by atoms with Gasteiger partial charge in [-0.3, -0.25) is 9.36 Å². The molecular weight excluding hydrogens is 337 g/mol. The molecule has 0 saturated heterocycles. The Hall–Kier alpha value is -2.29. The van der Waals surface area contributed by atoms with E-state index in [9.17, 15) is 22.8 Å². The van der Waals surface area contributed by atoms with Crippen molar-refractivity contribution in [3.63, 3.8) is 0 Å². The van der Waals surface area contributed by atoms with E-state index in [2.05, 4.69) is 10.4 Å². The van der Waals surface area contributed by atoms with Crippen LogP contribution >= 0.6 is 11.6 Å². The molecule has 23 heavy (non-hydrogen) atoms. The van der Waals surface area contributed by atoms with Crippen LogP contribution in [-0.4, -0.2) is 20.3 Å². The zero-order valence-electron chi connectivity index (χ0n) is 11.9. The van der Waals surface area contributed by atoms with Gasteiger partial charge in [0.1, 0.15) is 6.54 Å². The molecule has 0 unspecified atom stereocenters. The van der Waals surface area contributed by atoms with E-state index < -0.39 is 30.1 Å². The van der Waals surface area contributed by atoms with Crippen molar-refractivity contribution < 1.29 is 18.0 Å². The number of halogens is 4. The van der Waals surface area contributed by atoms with Gasteiger partial charge in [0.2, 0.25) is 11.7 Å². The van der Waals surface area contributed by atoms with Gasteiger partial charge in [0, 0.05) is 18.6 Å². The van der Waals surface area contributed by atoms with Gasteiger partial charge < -0.3 is 5.32 Å². The molecule has 0 fully saturated rings. The lowest BCUT2D eigenvalue weighted by Gasteiger charge is -2.06. The van der Waals surface area contributed by atoms with Crippen molar-refractivity contribution in [3.05, 3.63) is 51.2 Å². The first kappa shape index (κ1) is 17.1. The molecule has 6 nitrogen and oxygen atoms in total. The number of amides is 1. The Bertz CT molecular complexity index is 782. The van der Waals surface area contributed by atoms with Gasteiger partial charge in [0.25, 0.3) is 0 Å². The van der Waals surface area contributed by atoms with Gasteiger partial charge in [0.15, 0.2) is 0 Å². The number of carbonyl (C=O) groups is 1. The molecule has 1 N–H and O–H groups in total. The van der Waals surface area contributed by atoms with Crippen LogP contribution < -0.4 is 11.0 Å². The zero-order valence-corrected chi connectivity index (χ0v) is 12.6. The van der Waals surface area contributed by atoms with Crippen molar-refractivity contribution in [1.82, 2.24) is 19.7 Å². The van der Waals surface area contributed by atoms with Gasteiger partial charge in [-0.1, -0.05) is 29.8 Å². The predicted octanol–water partition coefficient (Wildman–Crippen LogP) is 1.57. The third-order valence-electron chi connectivity index (χ3n) is 3.02. The van der Waals surface area contributed by atoms with Gasteiger partial charge in [0.05, 0.1) is 0 Å². The lowest BCUT2D eigenvalue weighted by molar-refractivity contribution is -0.147. The summed E-state index contributed by atoms with van der Waals surface area (Å²) in [5, 5.41) is 6.06. The highest BCUT2D eigenvalue weighted by molar-refractivity contribution is 6.31. The van der Waals surface area contributed by atoms with Gasteiger partial charge >= 0.3 is 11.9 Å². The second-order valence-electron chi connectivity index (χ2n) is 4.69. The standard InChI is InChI=1S/C13H12ClF3N4O2/c1-20-11(13(15,16)17)19-21(12(20)23)7-10(22)18-6-8-4-2-3-5-9(8)14/h2-5H,6-7H2,1H3,(H,18,22). The first-order valence-electron chi connectivity index (χ1n) is 6.41. The van der Waals surface area contributed by atoms with Crippen molar-refractivity contribution in [2.24, 2.45) is 7.05 Å². The second-order valence-corrected chi connectivity index (χ2v) is 5.10. The third kappa shape index (κ3) is 3.92. The lowest BCUT2D eigenvalue weighted by Crippen LogP contribution is -2.33. The highest BCUT2D eigenvalue weighted by Crippen LogP contribution is 2.25. The van der Waals surface area contributed by atoms with Crippen LogP contribution in [0.2, 0.25) is 5.02 Å². The summed E-state index contributed by atoms with van der Waals surface area (Å²) in [6, 6.07) is 6.78. The van der Waals surface area contributed by atoms with Crippen molar-refractivity contribution >= 4 is 17.5 Å². The first-order valence-corrected chi connectivity index (χ1v) is 6.79. The number of benzene rings is 1. The minimum absolute atomic E-state index is 0.0895. The SMILES string of the molecule is Cn1c(C(F)(F)F)nn(CC(=O)NCc2ccccc2Cl)c1=O. The summed E-state index contributed by atoms with van der Waals surface area (Å²) in [5.74, 6) is -2.01. The summed E-state index contributed by atoms with van der Waals surface area (Å²) in [4.78, 5) is 23.4. The molecule has 0 saturated carbocycles. The average molecular weight is 349 g/mol. The van der Waals surface area contributed by atoms with Crippen LogP contribution in [0.5, 0.6) is 0 Å². The van der Waals surface area contributed by atoms with Crippen molar-refractivity contribution in [2.45, 2.75) is 19.3 Å². The normalized spacial score (nSPS) is 11.5. The van der Waals surface area contributed by atoms with E-state index in [0.29, 0.717) is 19.8 Å². The van der Waals surface area contributed by atoms with Gasteiger partial charge in [-0.25, -0.2) is 9.48 Å². The largest absolute Gasteiger partial charge is 0.451 e. The maximum absolute atomic E-state index is 12.6. The number of alkyl halides is 3. The van der Waals surface area contributed by atoms with Gasteiger partial charge in [-0.2, -0.15) is 13.2 Å². The molecule has 0 atom stereocenters. The van der Waals surface area contributed by atoms with Crippen LogP contribution in [0.25, 0.3) is 0 Å². The van der Waals surface area contributed by atoms with Crippen LogP contribution in [0.3, 0.4) is 0 Å². The summed E-state index contributed by atoms with van der Waals surface area (Å²) in [7, 11) is 0.941. The van der Waals surface area contributed by atoms with Crippen molar-refractivity contribution in [2.75, 3.05) is 0 Å². The van der Waals surface area contributed by atoms with E-state index >= 15 is 0 Å². The first-order chi connectivity index (χ1) is 10.7. The number of carbonyl (C=O) groups excluding carboxylic acids is 1. The van der Waals surface area contributed by atoms with E-state index in [1.165, 1.54) is 0 Å². The third-order valence-corrected chi connectivity index (χ3v) is 3.39. The molecule has 0 radical (unpaired) electrons. The highest BCUT2D eigenvalue weighted by atomic mass is 35.5. The minimum Gasteiger partial charge on any atom is -0.350 e. The fourth-order valence-electron chi connectivity index (χ4n) is 1.87. The zero-order chi connectivity index (χ0) is 17.2. The molecule has 0 bridgehead atoms. The van der Waals surface area contributed by atoms with Gasteiger partial charge in [-0.15, -0.1) is 5.10 Å². The minimum atomic E-state index is -4.77. The number of rotatable bonds is 4. The molecule has 2 aromatic rings. The fourth-order valence-corrected chi connectivity index (χ4v) is 2.07. The summed E-state index contributed by atoms with van der Waals surface area (Å²) in [6.07, 6.45) is -4.77. The molecule has 0 aliphatic heterocycles. The van der Waals surface area contributed by atoms with E-state index in [4.69, 9.17) is 11.6 Å². The van der Waals surface area contributed by atoms with Crippen molar-refractivity contribution in [1.29, 1.82) is 0 Å². The van der Waals surface area contributed by atoms with E-state index in [1.807, 2.05) is 0 Å². The molecule has 1 aromatic carbocycles. The predicted molar refractivity (Wildman–Crippen MR) is 75.8 cm³/mol. The quantitative estimate of drug-likeness (QED) is 0.912. The van der Waals surface area contributed by atoms with Crippen LogP contribution in [0.1, 0.15) is 11.4 Å². The Morgan fingerprint density at radius 1 is 1.35 bits per heavy atom. The Labute approximate surface area is 133 Å². The van der Waals surface area contributed by atoms with Crippen LogP contribution in [0.4, 0.5) is 13.2 Å². The summed E-state index contributed by atoms with van der Waals surface area (Å²) in [5.41, 5.74) is -0.378. The van der Waals surface area contributed by atoms with Crippen LogP contribution in [0, 0.1) is 0 Å². The Kier molecular flexibility index (Phi) is 4.79. The Balaban J connectivity index is 2.07. The maximum atomic E-state index is 12.6. The summed E-state index contributed by atoms with van der Waals surface area (Å²) >= 11 is 5.92. The molecule has 2 rings (SSSR count). The fraction of sp³-hybridized carbons (Fsp3) is 0.308. The van der Waals surface area contributed by atoms with E-state index in [0.717, 1.165) is 7.05 Å². The monoisotopic (exact) mass is 348 g/mol. The molecule has 0 spiro atoms. The topological polar surface area (TPSA) is 68.9 Å². The molecule has 1 amide bonds. The number of hydrogen-bond donors (Lipinski definition) is 1. The molecule has 0 aliphatic rings. The van der Waals surface area contributed by atoms with Crippen LogP contribution in [0.15, 0.2) is 29.1 Å². The number of nitrogens with zero attached hydrogens (tertiary/aromatic N) is 3. The Morgan fingerprint density at radius 3 is 2.57 bits per heavy atom. The molecule has 124 valence electrons. The van der Waals surface area contributed by atoms with E-state index in [1.54, 1.807) is 24.3 Å². The summed E-state index contributed by atoms with van der Waals surface area (Å²) in [6.45, 7) is -0.528. The van der Waals surface area contributed by atoms with Crippen molar-refractivity contribution in [3.8, 4) is 0 Å². The number of aromatic nitrogens is 3. The molecule has 1 aromatic heterocycles. The lowest BCUT2D eigenvalue weighted by atomic mass is 10.2. The van der Waals surface area contributed by atoms with Gasteiger partial charge in [-0.05, 0) is 11.6 Å². The summed E-state index contributed by atoms with van der Waals surface area (Å²) < 4.78 is 38.7. The highest BCUT2D eigenvalue weighted by Gasteiger charge is 2.38. The maximum Gasteiger partial charge on any atom is 0.451 e. The molecule has 0 aliphatic carbocycles. The van der Waals surface area contributed by atoms with E-state index in [-0.39, 0.29) is 6.54 Å². The molecule has 10 heteroatoms. The number of hydrogen-bond acceptors (Lipinski definition) is 3. The molecule has 1 heterocycles. The molecular formula is C13H12ClF3N4O2. The second kappa shape index (κ2) is 6.45.